The Labute approximate surface area is 180 Å². The highest BCUT2D eigenvalue weighted by Crippen LogP contribution is 2.24. The third kappa shape index (κ3) is 5.10. The first-order valence-corrected chi connectivity index (χ1v) is 12.3. The largest absolute Gasteiger partial charge is 0.346 e. The molecule has 1 aliphatic rings. The lowest BCUT2D eigenvalue weighted by molar-refractivity contribution is 0.0939. The predicted octanol–water partition coefficient (Wildman–Crippen LogP) is 4.61. The van der Waals surface area contributed by atoms with Crippen molar-refractivity contribution in [1.29, 1.82) is 0 Å². The zero-order chi connectivity index (χ0) is 21.7. The van der Waals surface area contributed by atoms with E-state index in [4.69, 9.17) is 0 Å². The number of carbonyl (C=O) groups is 1. The van der Waals surface area contributed by atoms with Gasteiger partial charge in [-0.15, -0.1) is 0 Å². The maximum absolute atomic E-state index is 13.2. The summed E-state index contributed by atoms with van der Waals surface area (Å²) in [5.41, 5.74) is 3.30. The molecule has 1 unspecified atom stereocenters. The number of nitrogens with one attached hydrogen (secondary N) is 1. The number of benzene rings is 2. The van der Waals surface area contributed by atoms with Crippen molar-refractivity contribution in [3.05, 3.63) is 64.7 Å². The van der Waals surface area contributed by atoms with Gasteiger partial charge in [-0.05, 0) is 61.9 Å². The maximum Gasteiger partial charge on any atom is 0.251 e. The molecule has 0 radical (unpaired) electrons. The van der Waals surface area contributed by atoms with E-state index in [1.54, 1.807) is 23.4 Å². The molecule has 1 amide bonds. The normalized spacial score (nSPS) is 16.6. The molecule has 1 N–H and O–H groups in total. The van der Waals surface area contributed by atoms with Crippen LogP contribution in [-0.2, 0) is 16.4 Å². The van der Waals surface area contributed by atoms with Crippen LogP contribution in [0.1, 0.15) is 72.6 Å². The lowest BCUT2D eigenvalue weighted by Crippen LogP contribution is -2.33. The molecule has 6 heteroatoms. The van der Waals surface area contributed by atoms with E-state index in [1.165, 1.54) is 11.6 Å². The summed E-state index contributed by atoms with van der Waals surface area (Å²) in [6, 6.07) is 12.9. The van der Waals surface area contributed by atoms with Crippen LogP contribution < -0.4 is 5.32 Å². The molecule has 5 nitrogen and oxygen atoms in total. The number of nitrogens with zero attached hydrogens (tertiary/aromatic N) is 1. The van der Waals surface area contributed by atoms with E-state index >= 15 is 0 Å². The Morgan fingerprint density at radius 3 is 2.27 bits per heavy atom. The van der Waals surface area contributed by atoms with E-state index < -0.39 is 10.0 Å². The summed E-state index contributed by atoms with van der Waals surface area (Å²) < 4.78 is 28.0. The lowest BCUT2D eigenvalue weighted by Gasteiger charge is -2.22. The van der Waals surface area contributed by atoms with E-state index in [0.29, 0.717) is 24.2 Å². The molecule has 0 aromatic heterocycles. The average molecular weight is 429 g/mol. The van der Waals surface area contributed by atoms with Crippen LogP contribution in [0.4, 0.5) is 0 Å². The van der Waals surface area contributed by atoms with E-state index in [0.717, 1.165) is 37.7 Å². The maximum atomic E-state index is 13.2. The first-order chi connectivity index (χ1) is 14.3. The Morgan fingerprint density at radius 1 is 1.03 bits per heavy atom. The fourth-order valence-corrected chi connectivity index (χ4v) is 5.61. The second-order valence-corrected chi connectivity index (χ2v) is 10.00. The van der Waals surface area contributed by atoms with Gasteiger partial charge in [-0.1, -0.05) is 50.1 Å². The summed E-state index contributed by atoms with van der Waals surface area (Å²) in [5.74, 6) is -0.269. The van der Waals surface area contributed by atoms with Crippen molar-refractivity contribution in [2.45, 2.75) is 63.8 Å². The van der Waals surface area contributed by atoms with Crippen molar-refractivity contribution in [1.82, 2.24) is 9.62 Å². The minimum absolute atomic E-state index is 0.171. The zero-order valence-electron chi connectivity index (χ0n) is 18.1. The predicted molar refractivity (Wildman–Crippen MR) is 120 cm³/mol. The van der Waals surface area contributed by atoms with Crippen LogP contribution >= 0.6 is 0 Å². The molecule has 2 aromatic rings. The van der Waals surface area contributed by atoms with E-state index in [9.17, 15) is 13.2 Å². The van der Waals surface area contributed by atoms with Crippen LogP contribution in [0.25, 0.3) is 0 Å². The molecule has 2 aromatic carbocycles. The second kappa shape index (κ2) is 9.75. The van der Waals surface area contributed by atoms with Crippen LogP contribution in [0.15, 0.2) is 47.4 Å². The topological polar surface area (TPSA) is 66.5 Å². The van der Waals surface area contributed by atoms with Crippen molar-refractivity contribution >= 4 is 15.9 Å². The molecule has 0 saturated carbocycles. The van der Waals surface area contributed by atoms with Gasteiger partial charge in [-0.3, -0.25) is 4.79 Å². The first kappa shape index (κ1) is 22.5. The van der Waals surface area contributed by atoms with E-state index in [-0.39, 0.29) is 16.8 Å². The summed E-state index contributed by atoms with van der Waals surface area (Å²) in [6.07, 6.45) is 4.85. The highest BCUT2D eigenvalue weighted by atomic mass is 32.2. The molecular formula is C24H32N2O3S. The minimum atomic E-state index is -3.61. The quantitative estimate of drug-likeness (QED) is 0.730. The zero-order valence-corrected chi connectivity index (χ0v) is 19.0. The van der Waals surface area contributed by atoms with Gasteiger partial charge in [0.2, 0.25) is 10.0 Å². The van der Waals surface area contributed by atoms with Gasteiger partial charge in [0.25, 0.3) is 5.91 Å². The second-order valence-electron chi connectivity index (χ2n) is 8.09. The fraction of sp³-hybridized carbons (Fsp3) is 0.458. The molecular weight excluding hydrogens is 396 g/mol. The average Bonchev–Trinajstić information content (AvgIpc) is 3.04. The van der Waals surface area contributed by atoms with Gasteiger partial charge in [0.15, 0.2) is 0 Å². The summed E-state index contributed by atoms with van der Waals surface area (Å²) in [6.45, 7) is 6.91. The van der Waals surface area contributed by atoms with Crippen molar-refractivity contribution < 1.29 is 13.2 Å². The molecule has 1 aliphatic heterocycles. The molecule has 162 valence electrons. The number of sulfonamides is 1. The van der Waals surface area contributed by atoms with Crippen LogP contribution in [-0.4, -0.2) is 31.7 Å². The molecule has 0 bridgehead atoms. The molecule has 1 atom stereocenters. The third-order valence-corrected chi connectivity index (χ3v) is 7.91. The number of carbonyl (C=O) groups excluding carboxylic acids is 1. The van der Waals surface area contributed by atoms with Gasteiger partial charge in [0, 0.05) is 18.7 Å². The van der Waals surface area contributed by atoms with E-state index in [2.05, 4.69) is 24.4 Å². The molecule has 0 aliphatic carbocycles. The minimum Gasteiger partial charge on any atom is -0.346 e. The summed E-state index contributed by atoms with van der Waals surface area (Å²) in [7, 11) is -3.61. The molecule has 0 spiro atoms. The molecule has 1 fully saturated rings. The van der Waals surface area contributed by atoms with Gasteiger partial charge < -0.3 is 5.32 Å². The summed E-state index contributed by atoms with van der Waals surface area (Å²) >= 11 is 0. The van der Waals surface area contributed by atoms with Gasteiger partial charge >= 0.3 is 0 Å². The lowest BCUT2D eigenvalue weighted by atomic mass is 10.0. The molecule has 3 rings (SSSR count). The van der Waals surface area contributed by atoms with E-state index in [1.807, 2.05) is 19.1 Å². The standard InChI is InChI=1S/C24H32N2O3S/c1-4-20-10-13-21(14-11-20)19(3)25-24(27)22-12-9-18(2)23(17-22)30(28,29)26-15-7-5-6-8-16-26/h9-14,17,19H,4-8,15-16H2,1-3H3,(H,25,27). The Bertz CT molecular complexity index is 976. The van der Waals surface area contributed by atoms with Gasteiger partial charge in [0.05, 0.1) is 10.9 Å². The van der Waals surface area contributed by atoms with Gasteiger partial charge in [-0.25, -0.2) is 8.42 Å². The Hall–Kier alpha value is -2.18. The number of amides is 1. The SMILES string of the molecule is CCc1ccc(C(C)NC(=O)c2ccc(C)c(S(=O)(=O)N3CCCCCC3)c2)cc1. The van der Waals surface area contributed by atoms with Crippen LogP contribution in [0.5, 0.6) is 0 Å². The third-order valence-electron chi connectivity index (χ3n) is 5.87. The fourth-order valence-electron chi connectivity index (χ4n) is 3.85. The summed E-state index contributed by atoms with van der Waals surface area (Å²) in [4.78, 5) is 13.1. The van der Waals surface area contributed by atoms with Crippen LogP contribution in [0.2, 0.25) is 0 Å². The molecule has 30 heavy (non-hydrogen) atoms. The van der Waals surface area contributed by atoms with Crippen molar-refractivity contribution in [2.75, 3.05) is 13.1 Å². The van der Waals surface area contributed by atoms with Gasteiger partial charge in [-0.2, -0.15) is 4.31 Å². The van der Waals surface area contributed by atoms with Gasteiger partial charge in [0.1, 0.15) is 0 Å². The Balaban J connectivity index is 1.80. The summed E-state index contributed by atoms with van der Waals surface area (Å²) in [5, 5.41) is 2.99. The Morgan fingerprint density at radius 2 is 1.67 bits per heavy atom. The smallest absolute Gasteiger partial charge is 0.251 e. The van der Waals surface area contributed by atoms with Crippen molar-refractivity contribution in [3.8, 4) is 0 Å². The molecule has 1 saturated heterocycles. The highest BCUT2D eigenvalue weighted by Gasteiger charge is 2.27. The molecule has 1 heterocycles. The number of hydrogen-bond acceptors (Lipinski definition) is 3. The monoisotopic (exact) mass is 428 g/mol. The number of rotatable bonds is 6. The number of hydrogen-bond donors (Lipinski definition) is 1. The van der Waals surface area contributed by atoms with Crippen LogP contribution in [0, 0.1) is 6.92 Å². The van der Waals surface area contributed by atoms with Crippen molar-refractivity contribution in [3.63, 3.8) is 0 Å². The Kier molecular flexibility index (Phi) is 7.32. The first-order valence-electron chi connectivity index (χ1n) is 10.8. The number of aryl methyl sites for hydroxylation is 2. The highest BCUT2D eigenvalue weighted by molar-refractivity contribution is 7.89. The van der Waals surface area contributed by atoms with Crippen molar-refractivity contribution in [2.24, 2.45) is 0 Å². The van der Waals surface area contributed by atoms with Crippen LogP contribution in [0.3, 0.4) is 0 Å².